The first-order chi connectivity index (χ1) is 6.65. The summed E-state index contributed by atoms with van der Waals surface area (Å²) in [5.74, 6) is -1.24. The molecule has 0 saturated heterocycles. The summed E-state index contributed by atoms with van der Waals surface area (Å²) in [4.78, 5) is 0. The van der Waals surface area contributed by atoms with Crippen molar-refractivity contribution in [2.45, 2.75) is 6.42 Å². The van der Waals surface area contributed by atoms with Crippen LogP contribution in [0.4, 0.5) is 8.78 Å². The van der Waals surface area contributed by atoms with E-state index in [0.717, 1.165) is 0 Å². The maximum atomic E-state index is 13.2. The molecule has 76 valence electrons. The lowest BCUT2D eigenvalue weighted by molar-refractivity contribution is 0.303. The number of hydrogen-bond donors (Lipinski definition) is 1. The lowest BCUT2D eigenvalue weighted by Gasteiger charge is -2.00. The first kappa shape index (κ1) is 11.3. The van der Waals surface area contributed by atoms with E-state index in [4.69, 9.17) is 5.11 Å². The van der Waals surface area contributed by atoms with Crippen LogP contribution in [-0.2, 0) is 0 Å². The molecular formula is C10H9BrF2O. The number of rotatable bonds is 3. The summed E-state index contributed by atoms with van der Waals surface area (Å²) in [5, 5.41) is 8.48. The van der Waals surface area contributed by atoms with Crippen LogP contribution in [0.15, 0.2) is 22.7 Å². The Kier molecular flexibility index (Phi) is 4.22. The molecule has 1 aromatic carbocycles. The van der Waals surface area contributed by atoms with Crippen LogP contribution in [0.25, 0.3) is 6.08 Å². The van der Waals surface area contributed by atoms with Gasteiger partial charge in [0.1, 0.15) is 11.6 Å². The van der Waals surface area contributed by atoms with Gasteiger partial charge in [-0.2, -0.15) is 0 Å². The summed E-state index contributed by atoms with van der Waals surface area (Å²) in [6, 6.07) is 2.39. The topological polar surface area (TPSA) is 20.2 Å². The molecule has 0 amide bonds. The van der Waals surface area contributed by atoms with E-state index in [1.807, 2.05) is 0 Å². The molecule has 0 radical (unpaired) electrons. The van der Waals surface area contributed by atoms with E-state index in [2.05, 4.69) is 15.9 Å². The van der Waals surface area contributed by atoms with E-state index < -0.39 is 11.6 Å². The zero-order valence-corrected chi connectivity index (χ0v) is 8.89. The fourth-order valence-electron chi connectivity index (χ4n) is 0.988. The highest BCUT2D eigenvalue weighted by atomic mass is 79.9. The second-order valence-corrected chi connectivity index (χ2v) is 3.61. The molecule has 4 heteroatoms. The average Bonchev–Trinajstić information content (AvgIpc) is 2.09. The predicted molar refractivity (Wildman–Crippen MR) is 54.8 cm³/mol. The van der Waals surface area contributed by atoms with Gasteiger partial charge in [-0.25, -0.2) is 8.78 Å². The van der Waals surface area contributed by atoms with Gasteiger partial charge in [0.25, 0.3) is 0 Å². The molecule has 1 rings (SSSR count). The Morgan fingerprint density at radius 1 is 1.29 bits per heavy atom. The highest BCUT2D eigenvalue weighted by Gasteiger charge is 2.06. The SMILES string of the molecule is OCCC=Cc1c(F)cc(Br)cc1F. The minimum atomic E-state index is -0.619. The van der Waals surface area contributed by atoms with E-state index in [9.17, 15) is 8.78 Å². The van der Waals surface area contributed by atoms with Crippen molar-refractivity contribution < 1.29 is 13.9 Å². The molecule has 0 fully saturated rings. The van der Waals surface area contributed by atoms with E-state index in [1.54, 1.807) is 0 Å². The fraction of sp³-hybridized carbons (Fsp3) is 0.200. The number of halogens is 3. The highest BCUT2D eigenvalue weighted by Crippen LogP contribution is 2.20. The summed E-state index contributed by atoms with van der Waals surface area (Å²) in [7, 11) is 0. The van der Waals surface area contributed by atoms with Crippen molar-refractivity contribution in [3.05, 3.63) is 39.9 Å². The van der Waals surface area contributed by atoms with Gasteiger partial charge in [-0.15, -0.1) is 0 Å². The fourth-order valence-corrected chi connectivity index (χ4v) is 1.39. The number of benzene rings is 1. The molecule has 0 aromatic heterocycles. The zero-order valence-electron chi connectivity index (χ0n) is 7.30. The third kappa shape index (κ3) is 2.89. The van der Waals surface area contributed by atoms with Gasteiger partial charge in [0.05, 0.1) is 0 Å². The summed E-state index contributed by atoms with van der Waals surface area (Å²) in [5.41, 5.74) is -0.0818. The van der Waals surface area contributed by atoms with Crippen molar-refractivity contribution >= 4 is 22.0 Å². The summed E-state index contributed by atoms with van der Waals surface area (Å²) in [6.45, 7) is -0.0315. The molecular weight excluding hydrogens is 254 g/mol. The lowest BCUT2D eigenvalue weighted by Crippen LogP contribution is -1.89. The van der Waals surface area contributed by atoms with Gasteiger partial charge in [0, 0.05) is 16.6 Å². The minimum absolute atomic E-state index is 0.0315. The van der Waals surface area contributed by atoms with Crippen LogP contribution < -0.4 is 0 Å². The molecule has 0 saturated carbocycles. The summed E-state index contributed by atoms with van der Waals surface area (Å²) in [6.07, 6.45) is 3.23. The second kappa shape index (κ2) is 5.22. The molecule has 1 aromatic rings. The van der Waals surface area contributed by atoms with E-state index in [0.29, 0.717) is 10.9 Å². The maximum absolute atomic E-state index is 13.2. The van der Waals surface area contributed by atoms with Crippen LogP contribution in [0, 0.1) is 11.6 Å². The molecule has 0 unspecified atom stereocenters. The molecule has 0 spiro atoms. The van der Waals surface area contributed by atoms with Crippen molar-refractivity contribution in [2.24, 2.45) is 0 Å². The molecule has 0 bridgehead atoms. The number of aliphatic hydroxyl groups excluding tert-OH is 1. The average molecular weight is 263 g/mol. The maximum Gasteiger partial charge on any atom is 0.134 e. The molecule has 14 heavy (non-hydrogen) atoms. The molecule has 1 nitrogen and oxygen atoms in total. The van der Waals surface area contributed by atoms with E-state index in [1.165, 1.54) is 24.3 Å². The van der Waals surface area contributed by atoms with Gasteiger partial charge >= 0.3 is 0 Å². The van der Waals surface area contributed by atoms with Gasteiger partial charge in [-0.05, 0) is 18.6 Å². The molecule has 0 aliphatic carbocycles. The minimum Gasteiger partial charge on any atom is -0.396 e. The van der Waals surface area contributed by atoms with Gasteiger partial charge in [-0.1, -0.05) is 28.1 Å². The summed E-state index contributed by atoms with van der Waals surface area (Å²) >= 11 is 2.98. The zero-order chi connectivity index (χ0) is 10.6. The molecule has 0 aliphatic heterocycles. The monoisotopic (exact) mass is 262 g/mol. The normalized spacial score (nSPS) is 11.1. The predicted octanol–water partition coefficient (Wildman–Crippen LogP) is 3.12. The van der Waals surface area contributed by atoms with E-state index >= 15 is 0 Å². The van der Waals surface area contributed by atoms with Crippen LogP contribution in [0.2, 0.25) is 0 Å². The van der Waals surface area contributed by atoms with Gasteiger partial charge in [-0.3, -0.25) is 0 Å². The smallest absolute Gasteiger partial charge is 0.134 e. The Hall–Kier alpha value is -0.740. The van der Waals surface area contributed by atoms with Crippen LogP contribution >= 0.6 is 15.9 Å². The standard InChI is InChI=1S/C10H9BrF2O/c11-7-5-9(12)8(10(13)6-7)3-1-2-4-14/h1,3,5-6,14H,2,4H2. The number of aliphatic hydroxyl groups is 1. The van der Waals surface area contributed by atoms with E-state index in [-0.39, 0.29) is 12.2 Å². The third-order valence-corrected chi connectivity index (χ3v) is 2.08. The van der Waals surface area contributed by atoms with Crippen molar-refractivity contribution in [3.8, 4) is 0 Å². The Morgan fingerprint density at radius 3 is 2.36 bits per heavy atom. The Bertz CT molecular complexity index is 327. The largest absolute Gasteiger partial charge is 0.396 e. The van der Waals surface area contributed by atoms with Crippen molar-refractivity contribution in [1.29, 1.82) is 0 Å². The molecule has 0 aliphatic rings. The Labute approximate surface area is 89.2 Å². The molecule has 0 heterocycles. The van der Waals surface area contributed by atoms with Crippen molar-refractivity contribution in [1.82, 2.24) is 0 Å². The molecule has 1 N–H and O–H groups in total. The van der Waals surface area contributed by atoms with Gasteiger partial charge < -0.3 is 5.11 Å². The number of hydrogen-bond acceptors (Lipinski definition) is 1. The van der Waals surface area contributed by atoms with Crippen LogP contribution in [-0.4, -0.2) is 11.7 Å². The lowest BCUT2D eigenvalue weighted by atomic mass is 10.2. The Morgan fingerprint density at radius 2 is 1.86 bits per heavy atom. The first-order valence-corrected chi connectivity index (χ1v) is 4.86. The third-order valence-electron chi connectivity index (χ3n) is 1.62. The van der Waals surface area contributed by atoms with Crippen molar-refractivity contribution in [2.75, 3.05) is 6.61 Å². The van der Waals surface area contributed by atoms with Crippen LogP contribution in [0.5, 0.6) is 0 Å². The summed E-state index contributed by atoms with van der Waals surface area (Å²) < 4.78 is 26.7. The van der Waals surface area contributed by atoms with Crippen LogP contribution in [0.1, 0.15) is 12.0 Å². The second-order valence-electron chi connectivity index (χ2n) is 2.70. The van der Waals surface area contributed by atoms with Crippen LogP contribution in [0.3, 0.4) is 0 Å². The van der Waals surface area contributed by atoms with Gasteiger partial charge in [0.15, 0.2) is 0 Å². The highest BCUT2D eigenvalue weighted by molar-refractivity contribution is 9.10. The van der Waals surface area contributed by atoms with Gasteiger partial charge in [0.2, 0.25) is 0 Å². The Balaban J connectivity index is 2.96. The quantitative estimate of drug-likeness (QED) is 0.888. The molecule has 0 atom stereocenters. The first-order valence-electron chi connectivity index (χ1n) is 4.07. The van der Waals surface area contributed by atoms with Crippen molar-refractivity contribution in [3.63, 3.8) is 0 Å².